The van der Waals surface area contributed by atoms with Gasteiger partial charge in [0.1, 0.15) is 0 Å². The first-order valence-electron chi connectivity index (χ1n) is 8.14. The number of hydrogen-bond donors (Lipinski definition) is 1. The zero-order chi connectivity index (χ0) is 15.4. The highest BCUT2D eigenvalue weighted by molar-refractivity contribution is 5.96. The van der Waals surface area contributed by atoms with Gasteiger partial charge in [-0.15, -0.1) is 0 Å². The van der Waals surface area contributed by atoms with Crippen molar-refractivity contribution < 1.29 is 4.79 Å². The third kappa shape index (κ3) is 3.78. The van der Waals surface area contributed by atoms with E-state index in [-0.39, 0.29) is 5.91 Å². The molecule has 2 rings (SSSR count). The number of benzene rings is 1. The molecule has 1 aliphatic carbocycles. The molecule has 1 N–H and O–H groups in total. The zero-order valence-electron chi connectivity index (χ0n) is 13.8. The average molecular weight is 288 g/mol. The van der Waals surface area contributed by atoms with Crippen molar-refractivity contribution in [3.05, 3.63) is 29.3 Å². The minimum Gasteiger partial charge on any atom is -0.385 e. The molecule has 1 aromatic carbocycles. The molecule has 0 aromatic heterocycles. The molecule has 0 bridgehead atoms. The number of nitrogens with one attached hydrogen (secondary N) is 1. The van der Waals surface area contributed by atoms with Gasteiger partial charge in [0.15, 0.2) is 0 Å². The number of carbonyl (C=O) groups is 1. The molecule has 21 heavy (non-hydrogen) atoms. The van der Waals surface area contributed by atoms with Gasteiger partial charge in [0, 0.05) is 30.9 Å². The highest BCUT2D eigenvalue weighted by Crippen LogP contribution is 2.27. The summed E-state index contributed by atoms with van der Waals surface area (Å²) in [7, 11) is 1.96. The summed E-state index contributed by atoms with van der Waals surface area (Å²) in [6, 6.07) is 6.42. The van der Waals surface area contributed by atoms with Crippen LogP contribution in [0.2, 0.25) is 0 Å². The van der Waals surface area contributed by atoms with E-state index < -0.39 is 0 Å². The Kier molecular flexibility index (Phi) is 5.27. The third-order valence-corrected chi connectivity index (χ3v) is 4.69. The Bertz CT molecular complexity index is 490. The van der Waals surface area contributed by atoms with Gasteiger partial charge in [-0.2, -0.15) is 0 Å². The maximum Gasteiger partial charge on any atom is 0.254 e. The van der Waals surface area contributed by atoms with Crippen LogP contribution < -0.4 is 5.32 Å². The second-order valence-corrected chi connectivity index (χ2v) is 6.39. The van der Waals surface area contributed by atoms with Crippen LogP contribution in [0.5, 0.6) is 0 Å². The molecule has 3 nitrogen and oxygen atoms in total. The van der Waals surface area contributed by atoms with E-state index in [0.29, 0.717) is 6.04 Å². The fourth-order valence-electron chi connectivity index (χ4n) is 3.20. The van der Waals surface area contributed by atoms with Crippen molar-refractivity contribution in [2.75, 3.05) is 18.9 Å². The molecule has 1 saturated carbocycles. The molecule has 0 aliphatic heterocycles. The van der Waals surface area contributed by atoms with E-state index in [4.69, 9.17) is 0 Å². The smallest absolute Gasteiger partial charge is 0.254 e. The molecule has 1 amide bonds. The number of carbonyl (C=O) groups excluding carboxylic acids is 1. The number of hydrogen-bond acceptors (Lipinski definition) is 2. The second kappa shape index (κ2) is 6.97. The van der Waals surface area contributed by atoms with Crippen LogP contribution in [-0.4, -0.2) is 30.4 Å². The third-order valence-electron chi connectivity index (χ3n) is 4.69. The molecule has 0 unspecified atom stereocenters. The summed E-state index contributed by atoms with van der Waals surface area (Å²) in [5.74, 6) is 0.973. The lowest BCUT2D eigenvalue weighted by Gasteiger charge is -2.34. The van der Waals surface area contributed by atoms with Gasteiger partial charge >= 0.3 is 0 Å². The molecule has 3 heteroatoms. The van der Waals surface area contributed by atoms with Crippen molar-refractivity contribution in [3.63, 3.8) is 0 Å². The number of amides is 1. The summed E-state index contributed by atoms with van der Waals surface area (Å²) in [4.78, 5) is 14.7. The van der Waals surface area contributed by atoms with E-state index in [9.17, 15) is 4.79 Å². The monoisotopic (exact) mass is 288 g/mol. The summed E-state index contributed by atoms with van der Waals surface area (Å²) in [5.41, 5.74) is 2.97. The molecule has 116 valence electrons. The number of nitrogens with zero attached hydrogens (tertiary/aromatic N) is 1. The summed E-state index contributed by atoms with van der Waals surface area (Å²) >= 11 is 0. The van der Waals surface area contributed by atoms with Crippen molar-refractivity contribution in [1.29, 1.82) is 0 Å². The predicted octanol–water partition coefficient (Wildman–Crippen LogP) is 4.08. The van der Waals surface area contributed by atoms with Gasteiger partial charge in [0.25, 0.3) is 5.91 Å². The molecule has 0 saturated heterocycles. The van der Waals surface area contributed by atoms with E-state index in [0.717, 1.165) is 42.1 Å². The number of rotatable bonds is 4. The summed E-state index contributed by atoms with van der Waals surface area (Å²) in [5, 5.41) is 3.29. The van der Waals surface area contributed by atoms with E-state index in [2.05, 4.69) is 25.2 Å². The van der Waals surface area contributed by atoms with Crippen molar-refractivity contribution >= 4 is 11.6 Å². The van der Waals surface area contributed by atoms with Gasteiger partial charge in [0.05, 0.1) is 0 Å². The number of anilines is 1. The van der Waals surface area contributed by atoms with Crippen LogP contribution in [0, 0.1) is 12.8 Å². The van der Waals surface area contributed by atoms with Gasteiger partial charge in [-0.25, -0.2) is 0 Å². The first-order chi connectivity index (χ1) is 10.0. The van der Waals surface area contributed by atoms with Gasteiger partial charge in [-0.3, -0.25) is 4.79 Å². The van der Waals surface area contributed by atoms with Gasteiger partial charge in [-0.05, 0) is 69.2 Å². The maximum atomic E-state index is 12.7. The molecule has 0 heterocycles. The largest absolute Gasteiger partial charge is 0.385 e. The van der Waals surface area contributed by atoms with Crippen LogP contribution in [0.1, 0.15) is 55.5 Å². The van der Waals surface area contributed by atoms with E-state index in [1.165, 1.54) is 12.8 Å². The van der Waals surface area contributed by atoms with Crippen molar-refractivity contribution in [2.45, 2.75) is 52.5 Å². The zero-order valence-corrected chi connectivity index (χ0v) is 13.8. The molecule has 0 atom stereocenters. The Balaban J connectivity index is 2.08. The summed E-state index contributed by atoms with van der Waals surface area (Å²) in [6.07, 6.45) is 4.75. The Morgan fingerprint density at radius 1 is 1.29 bits per heavy atom. The molecule has 0 spiro atoms. The van der Waals surface area contributed by atoms with E-state index >= 15 is 0 Å². The highest BCUT2D eigenvalue weighted by Gasteiger charge is 2.26. The Labute approximate surface area is 128 Å². The lowest BCUT2D eigenvalue weighted by atomic mass is 9.86. The van der Waals surface area contributed by atoms with Gasteiger partial charge in [0.2, 0.25) is 0 Å². The lowest BCUT2D eigenvalue weighted by Crippen LogP contribution is -2.39. The Hall–Kier alpha value is -1.51. The maximum absolute atomic E-state index is 12.7. The summed E-state index contributed by atoms with van der Waals surface area (Å²) < 4.78 is 0. The van der Waals surface area contributed by atoms with Crippen LogP contribution in [0.15, 0.2) is 18.2 Å². The first kappa shape index (κ1) is 15.9. The topological polar surface area (TPSA) is 32.3 Å². The first-order valence-corrected chi connectivity index (χ1v) is 8.14. The van der Waals surface area contributed by atoms with Crippen molar-refractivity contribution in [3.8, 4) is 0 Å². The molecule has 1 aliphatic rings. The summed E-state index contributed by atoms with van der Waals surface area (Å²) in [6.45, 7) is 7.30. The quantitative estimate of drug-likeness (QED) is 0.905. The molecular weight excluding hydrogens is 260 g/mol. The number of aryl methyl sites for hydroxylation is 1. The van der Waals surface area contributed by atoms with E-state index in [1.54, 1.807) is 0 Å². The molecule has 0 radical (unpaired) electrons. The van der Waals surface area contributed by atoms with Crippen LogP contribution >= 0.6 is 0 Å². The second-order valence-electron chi connectivity index (χ2n) is 6.39. The van der Waals surface area contributed by atoms with Crippen molar-refractivity contribution in [1.82, 2.24) is 4.90 Å². The fraction of sp³-hybridized carbons (Fsp3) is 0.611. The van der Waals surface area contributed by atoms with Crippen LogP contribution in [0.4, 0.5) is 5.69 Å². The highest BCUT2D eigenvalue weighted by atomic mass is 16.2. The molecule has 1 aromatic rings. The SMILES string of the molecule is CCNc1ccc(C(=O)N(C)C2CCC(C)CC2)c(C)c1. The molecular formula is C18H28N2O. The van der Waals surface area contributed by atoms with Crippen LogP contribution in [-0.2, 0) is 0 Å². The average Bonchev–Trinajstić information content (AvgIpc) is 2.47. The Morgan fingerprint density at radius 2 is 1.95 bits per heavy atom. The van der Waals surface area contributed by atoms with E-state index in [1.807, 2.05) is 31.0 Å². The fourth-order valence-corrected chi connectivity index (χ4v) is 3.20. The minimum absolute atomic E-state index is 0.162. The van der Waals surface area contributed by atoms with Crippen LogP contribution in [0.3, 0.4) is 0 Å². The van der Waals surface area contributed by atoms with Gasteiger partial charge in [-0.1, -0.05) is 6.92 Å². The standard InChI is InChI=1S/C18H28N2O/c1-5-19-15-8-11-17(14(3)12-15)18(21)20(4)16-9-6-13(2)7-10-16/h8,11-13,16,19H,5-7,9-10H2,1-4H3. The Morgan fingerprint density at radius 3 is 2.52 bits per heavy atom. The molecule has 1 fully saturated rings. The lowest BCUT2D eigenvalue weighted by molar-refractivity contribution is 0.0679. The van der Waals surface area contributed by atoms with Crippen molar-refractivity contribution in [2.24, 2.45) is 5.92 Å². The minimum atomic E-state index is 0.162. The predicted molar refractivity (Wildman–Crippen MR) is 88.9 cm³/mol. The normalized spacial score (nSPS) is 21.9. The van der Waals surface area contributed by atoms with Gasteiger partial charge < -0.3 is 10.2 Å². The van der Waals surface area contributed by atoms with Crippen LogP contribution in [0.25, 0.3) is 0 Å².